The van der Waals surface area contributed by atoms with E-state index in [2.05, 4.69) is 0 Å². The maximum atomic E-state index is 11.5. The number of rotatable bonds is 4. The van der Waals surface area contributed by atoms with Crippen molar-refractivity contribution in [1.29, 1.82) is 0 Å². The Morgan fingerprint density at radius 1 is 1.53 bits per heavy atom. The SMILES string of the molecule is CCCN1C(C(=O)OC)CSC1C(C)=O. The van der Waals surface area contributed by atoms with E-state index in [1.807, 2.05) is 11.8 Å². The molecule has 1 heterocycles. The molecule has 1 aliphatic heterocycles. The lowest BCUT2D eigenvalue weighted by Gasteiger charge is -2.25. The summed E-state index contributed by atoms with van der Waals surface area (Å²) in [6, 6.07) is -0.256. The van der Waals surface area contributed by atoms with Crippen molar-refractivity contribution in [3.8, 4) is 0 Å². The first kappa shape index (κ1) is 12.5. The van der Waals surface area contributed by atoms with E-state index in [1.54, 1.807) is 6.92 Å². The molecule has 1 fully saturated rings. The molecule has 0 aromatic heterocycles. The largest absolute Gasteiger partial charge is 0.468 e. The van der Waals surface area contributed by atoms with Crippen LogP contribution < -0.4 is 0 Å². The summed E-state index contributed by atoms with van der Waals surface area (Å²) in [5.41, 5.74) is 0. The number of thioether (sulfide) groups is 1. The Labute approximate surface area is 94.3 Å². The summed E-state index contributed by atoms with van der Waals surface area (Å²) in [6.07, 6.45) is 0.928. The average Bonchev–Trinajstić information content (AvgIpc) is 2.61. The van der Waals surface area contributed by atoms with Crippen LogP contribution in [-0.2, 0) is 14.3 Å². The molecular weight excluding hydrogens is 214 g/mol. The fourth-order valence-corrected chi connectivity index (χ4v) is 3.13. The molecule has 2 atom stereocenters. The van der Waals surface area contributed by atoms with Gasteiger partial charge in [-0.25, -0.2) is 0 Å². The van der Waals surface area contributed by atoms with Crippen molar-refractivity contribution < 1.29 is 14.3 Å². The number of carbonyl (C=O) groups is 2. The van der Waals surface area contributed by atoms with Gasteiger partial charge in [-0.05, 0) is 13.3 Å². The van der Waals surface area contributed by atoms with E-state index in [-0.39, 0.29) is 23.2 Å². The summed E-state index contributed by atoms with van der Waals surface area (Å²) in [5, 5.41) is -0.172. The fourth-order valence-electron chi connectivity index (χ4n) is 1.76. The molecule has 0 aliphatic carbocycles. The van der Waals surface area contributed by atoms with Crippen molar-refractivity contribution in [2.75, 3.05) is 19.4 Å². The van der Waals surface area contributed by atoms with Gasteiger partial charge in [0.25, 0.3) is 0 Å². The lowest BCUT2D eigenvalue weighted by molar-refractivity contribution is -0.146. The predicted molar refractivity (Wildman–Crippen MR) is 59.7 cm³/mol. The van der Waals surface area contributed by atoms with Crippen molar-refractivity contribution in [2.45, 2.75) is 31.7 Å². The smallest absolute Gasteiger partial charge is 0.323 e. The number of hydrogen-bond acceptors (Lipinski definition) is 5. The van der Waals surface area contributed by atoms with Gasteiger partial charge in [-0.1, -0.05) is 6.92 Å². The summed E-state index contributed by atoms with van der Waals surface area (Å²) in [4.78, 5) is 24.8. The molecule has 0 aromatic rings. The molecule has 0 amide bonds. The molecule has 0 bridgehead atoms. The number of carbonyl (C=O) groups excluding carboxylic acids is 2. The molecule has 0 radical (unpaired) electrons. The van der Waals surface area contributed by atoms with E-state index in [1.165, 1.54) is 18.9 Å². The molecule has 15 heavy (non-hydrogen) atoms. The summed E-state index contributed by atoms with van der Waals surface area (Å²) >= 11 is 1.53. The number of Topliss-reactive ketones (excluding diaryl/α,β-unsaturated/α-hetero) is 1. The quantitative estimate of drug-likeness (QED) is 0.673. The number of hydrogen-bond donors (Lipinski definition) is 0. The van der Waals surface area contributed by atoms with Gasteiger partial charge in [-0.15, -0.1) is 11.8 Å². The molecule has 0 aromatic carbocycles. The van der Waals surface area contributed by atoms with E-state index in [0.717, 1.165) is 13.0 Å². The van der Waals surface area contributed by atoms with E-state index in [9.17, 15) is 9.59 Å². The fraction of sp³-hybridized carbons (Fsp3) is 0.800. The van der Waals surface area contributed by atoms with Crippen LogP contribution in [0.4, 0.5) is 0 Å². The van der Waals surface area contributed by atoms with Gasteiger partial charge in [-0.2, -0.15) is 0 Å². The third-order valence-corrected chi connectivity index (χ3v) is 3.84. The average molecular weight is 231 g/mol. The molecule has 1 aliphatic rings. The second-order valence-corrected chi connectivity index (χ2v) is 4.69. The van der Waals surface area contributed by atoms with Gasteiger partial charge in [0, 0.05) is 12.3 Å². The van der Waals surface area contributed by atoms with E-state index < -0.39 is 0 Å². The van der Waals surface area contributed by atoms with Crippen LogP contribution in [0.5, 0.6) is 0 Å². The molecule has 0 saturated carbocycles. The van der Waals surface area contributed by atoms with Gasteiger partial charge in [0.15, 0.2) is 5.78 Å². The Kier molecular flexibility index (Phi) is 4.60. The molecule has 5 heteroatoms. The molecule has 0 spiro atoms. The first-order valence-corrected chi connectivity index (χ1v) is 6.12. The van der Waals surface area contributed by atoms with Crippen molar-refractivity contribution in [3.05, 3.63) is 0 Å². The third-order valence-electron chi connectivity index (χ3n) is 2.42. The van der Waals surface area contributed by atoms with Crippen LogP contribution in [0.15, 0.2) is 0 Å². The van der Waals surface area contributed by atoms with Gasteiger partial charge in [0.1, 0.15) is 11.4 Å². The van der Waals surface area contributed by atoms with Crippen LogP contribution in [0, 0.1) is 0 Å². The standard InChI is InChI=1S/C10H17NO3S/c1-4-5-11-8(10(13)14-3)6-15-9(11)7(2)12/h8-9H,4-6H2,1-3H3. The highest BCUT2D eigenvalue weighted by Crippen LogP contribution is 2.30. The molecule has 2 unspecified atom stereocenters. The van der Waals surface area contributed by atoms with Gasteiger partial charge >= 0.3 is 5.97 Å². The highest BCUT2D eigenvalue weighted by Gasteiger charge is 2.40. The van der Waals surface area contributed by atoms with Crippen molar-refractivity contribution in [2.24, 2.45) is 0 Å². The minimum atomic E-state index is -0.256. The Morgan fingerprint density at radius 2 is 2.20 bits per heavy atom. The first-order chi connectivity index (χ1) is 7.11. The highest BCUT2D eigenvalue weighted by molar-refractivity contribution is 8.00. The van der Waals surface area contributed by atoms with Crippen LogP contribution in [0.2, 0.25) is 0 Å². The van der Waals surface area contributed by atoms with E-state index in [0.29, 0.717) is 5.75 Å². The van der Waals surface area contributed by atoms with Crippen molar-refractivity contribution in [3.63, 3.8) is 0 Å². The maximum Gasteiger partial charge on any atom is 0.323 e. The molecule has 0 N–H and O–H groups in total. The van der Waals surface area contributed by atoms with Crippen molar-refractivity contribution >= 4 is 23.5 Å². The zero-order valence-electron chi connectivity index (χ0n) is 9.36. The van der Waals surface area contributed by atoms with Gasteiger partial charge in [0.2, 0.25) is 0 Å². The zero-order valence-corrected chi connectivity index (χ0v) is 10.2. The third kappa shape index (κ3) is 2.72. The molecule has 1 saturated heterocycles. The van der Waals surface area contributed by atoms with Gasteiger partial charge in [-0.3, -0.25) is 14.5 Å². The minimum absolute atomic E-state index is 0.111. The lowest BCUT2D eigenvalue weighted by atomic mass is 10.2. The number of ether oxygens (including phenoxy) is 1. The predicted octanol–water partition coefficient (Wildman–Crippen LogP) is 0.902. The van der Waals surface area contributed by atoms with Gasteiger partial charge < -0.3 is 4.74 Å². The van der Waals surface area contributed by atoms with E-state index in [4.69, 9.17) is 4.74 Å². The normalized spacial score (nSPS) is 26.6. The first-order valence-electron chi connectivity index (χ1n) is 5.07. The van der Waals surface area contributed by atoms with Crippen molar-refractivity contribution in [1.82, 2.24) is 4.90 Å². The summed E-state index contributed by atoms with van der Waals surface area (Å²) in [6.45, 7) is 4.37. The zero-order chi connectivity index (χ0) is 11.4. The molecule has 4 nitrogen and oxygen atoms in total. The van der Waals surface area contributed by atoms with E-state index >= 15 is 0 Å². The van der Waals surface area contributed by atoms with Gasteiger partial charge in [0.05, 0.1) is 7.11 Å². The molecule has 1 rings (SSSR count). The Bertz CT molecular complexity index is 257. The maximum absolute atomic E-state index is 11.5. The van der Waals surface area contributed by atoms with Crippen LogP contribution in [0.25, 0.3) is 0 Å². The second-order valence-electron chi connectivity index (χ2n) is 3.57. The summed E-state index contributed by atoms with van der Waals surface area (Å²) in [7, 11) is 1.39. The topological polar surface area (TPSA) is 46.6 Å². The van der Waals surface area contributed by atoms with Crippen LogP contribution in [0.1, 0.15) is 20.3 Å². The van der Waals surface area contributed by atoms with Crippen LogP contribution >= 0.6 is 11.8 Å². The lowest BCUT2D eigenvalue weighted by Crippen LogP contribution is -2.44. The number of esters is 1. The number of methoxy groups -OCH3 is 1. The van der Waals surface area contributed by atoms with Crippen LogP contribution in [-0.4, -0.2) is 47.5 Å². The Balaban J connectivity index is 2.74. The second kappa shape index (κ2) is 5.51. The Hall–Kier alpha value is -0.550. The van der Waals surface area contributed by atoms with Crippen LogP contribution in [0.3, 0.4) is 0 Å². The minimum Gasteiger partial charge on any atom is -0.468 e. The molecular formula is C10H17NO3S. The highest BCUT2D eigenvalue weighted by atomic mass is 32.2. The Morgan fingerprint density at radius 3 is 2.67 bits per heavy atom. The summed E-state index contributed by atoms with van der Waals surface area (Å²) < 4.78 is 4.73. The number of nitrogens with zero attached hydrogens (tertiary/aromatic N) is 1. The summed E-state index contributed by atoms with van der Waals surface area (Å²) in [5.74, 6) is 0.524. The number of ketones is 1. The molecule has 86 valence electrons. The monoisotopic (exact) mass is 231 g/mol.